The summed E-state index contributed by atoms with van der Waals surface area (Å²) in [4.78, 5) is 2.43. The number of benzene rings is 2. The third-order valence-electron chi connectivity index (χ3n) is 5.04. The largest absolute Gasteiger partial charge is 0.508 e. The minimum absolute atomic E-state index is 0.0572. The van der Waals surface area contributed by atoms with Gasteiger partial charge in [-0.15, -0.1) is 0 Å². The fraction of sp³-hybridized carbons (Fsp3) is 0.400. The van der Waals surface area contributed by atoms with Crippen molar-refractivity contribution >= 4 is 5.69 Å². The molecular formula is C20H23NO3. The van der Waals surface area contributed by atoms with E-state index in [4.69, 9.17) is 9.47 Å². The van der Waals surface area contributed by atoms with Crippen LogP contribution in [0.15, 0.2) is 54.6 Å². The number of ether oxygens (including phenoxy) is 2. The van der Waals surface area contributed by atoms with Crippen LogP contribution in [0.1, 0.15) is 24.4 Å². The molecule has 2 fully saturated rings. The Morgan fingerprint density at radius 3 is 2.33 bits per heavy atom. The molecule has 4 nitrogen and oxygen atoms in total. The molecule has 2 unspecified atom stereocenters. The van der Waals surface area contributed by atoms with Crippen molar-refractivity contribution in [1.29, 1.82) is 0 Å². The Labute approximate surface area is 142 Å². The number of aromatic hydroxyl groups is 1. The van der Waals surface area contributed by atoms with Crippen LogP contribution in [0.2, 0.25) is 0 Å². The lowest BCUT2D eigenvalue weighted by Gasteiger charge is -2.42. The third kappa shape index (κ3) is 3.12. The Morgan fingerprint density at radius 1 is 0.917 bits per heavy atom. The summed E-state index contributed by atoms with van der Waals surface area (Å²) in [6, 6.07) is 18.4. The average Bonchev–Trinajstić information content (AvgIpc) is 3.17. The fourth-order valence-corrected chi connectivity index (χ4v) is 3.83. The minimum Gasteiger partial charge on any atom is -0.508 e. The highest BCUT2D eigenvalue weighted by Gasteiger charge is 2.36. The van der Waals surface area contributed by atoms with E-state index in [1.807, 2.05) is 12.1 Å². The van der Waals surface area contributed by atoms with E-state index in [1.54, 1.807) is 12.1 Å². The van der Waals surface area contributed by atoms with Crippen molar-refractivity contribution in [2.45, 2.75) is 25.2 Å². The normalized spacial score (nSPS) is 25.1. The highest BCUT2D eigenvalue weighted by molar-refractivity contribution is 5.51. The molecule has 0 aromatic heterocycles. The summed E-state index contributed by atoms with van der Waals surface area (Å²) in [5.74, 6) is 0.726. The molecule has 0 saturated carbocycles. The van der Waals surface area contributed by atoms with Crippen LogP contribution in [-0.2, 0) is 9.47 Å². The van der Waals surface area contributed by atoms with Gasteiger partial charge in [0.1, 0.15) is 5.75 Å². The SMILES string of the molecule is Oc1ccc(N2CCC(C3OCCO3)CC2c2ccccc2)cc1. The van der Waals surface area contributed by atoms with Crippen molar-refractivity contribution in [3.05, 3.63) is 60.2 Å². The summed E-state index contributed by atoms with van der Waals surface area (Å²) in [5.41, 5.74) is 2.46. The maximum Gasteiger partial charge on any atom is 0.160 e. The summed E-state index contributed by atoms with van der Waals surface area (Å²) in [6.45, 7) is 2.37. The van der Waals surface area contributed by atoms with Gasteiger partial charge in [-0.1, -0.05) is 30.3 Å². The molecule has 0 bridgehead atoms. The highest BCUT2D eigenvalue weighted by atomic mass is 16.7. The number of hydrogen-bond acceptors (Lipinski definition) is 4. The van der Waals surface area contributed by atoms with Gasteiger partial charge < -0.3 is 19.5 Å². The quantitative estimate of drug-likeness (QED) is 0.934. The molecule has 4 heteroatoms. The summed E-state index contributed by atoms with van der Waals surface area (Å²) in [6.07, 6.45) is 2.00. The number of piperidine rings is 1. The monoisotopic (exact) mass is 325 g/mol. The molecule has 2 aromatic rings. The van der Waals surface area contributed by atoms with Gasteiger partial charge in [0.2, 0.25) is 0 Å². The Balaban J connectivity index is 1.61. The van der Waals surface area contributed by atoms with Crippen molar-refractivity contribution in [3.8, 4) is 5.75 Å². The molecule has 2 aliphatic heterocycles. The summed E-state index contributed by atoms with van der Waals surface area (Å²) in [7, 11) is 0. The number of phenolic OH excluding ortho intramolecular Hbond substituents is 1. The fourth-order valence-electron chi connectivity index (χ4n) is 3.83. The number of rotatable bonds is 3. The number of anilines is 1. The minimum atomic E-state index is -0.0572. The molecule has 2 atom stereocenters. The van der Waals surface area contributed by atoms with E-state index >= 15 is 0 Å². The van der Waals surface area contributed by atoms with Crippen LogP contribution in [0.4, 0.5) is 5.69 Å². The summed E-state index contributed by atoms with van der Waals surface area (Å²) < 4.78 is 11.5. The summed E-state index contributed by atoms with van der Waals surface area (Å²) in [5, 5.41) is 9.57. The first kappa shape index (κ1) is 15.5. The van der Waals surface area contributed by atoms with Crippen molar-refractivity contribution in [3.63, 3.8) is 0 Å². The molecule has 0 radical (unpaired) electrons. The van der Waals surface area contributed by atoms with Gasteiger partial charge in [-0.05, 0) is 42.7 Å². The third-order valence-corrected chi connectivity index (χ3v) is 5.04. The van der Waals surface area contributed by atoms with Crippen LogP contribution < -0.4 is 4.90 Å². The van der Waals surface area contributed by atoms with Gasteiger partial charge >= 0.3 is 0 Å². The van der Waals surface area contributed by atoms with Crippen LogP contribution in [0, 0.1) is 5.92 Å². The van der Waals surface area contributed by atoms with E-state index in [0.717, 1.165) is 25.1 Å². The first-order valence-electron chi connectivity index (χ1n) is 8.65. The molecule has 0 spiro atoms. The predicted octanol–water partition coefficient (Wildman–Crippen LogP) is 3.72. The molecular weight excluding hydrogens is 302 g/mol. The van der Waals surface area contributed by atoms with Crippen molar-refractivity contribution in [2.24, 2.45) is 5.92 Å². The molecule has 24 heavy (non-hydrogen) atoms. The van der Waals surface area contributed by atoms with Gasteiger partial charge in [-0.25, -0.2) is 0 Å². The zero-order valence-electron chi connectivity index (χ0n) is 13.7. The molecule has 2 aromatic carbocycles. The summed E-state index contributed by atoms with van der Waals surface area (Å²) >= 11 is 0. The van der Waals surface area contributed by atoms with Crippen LogP contribution in [0.25, 0.3) is 0 Å². The maximum absolute atomic E-state index is 9.57. The molecule has 1 N–H and O–H groups in total. The van der Waals surface area contributed by atoms with Gasteiger partial charge in [0.25, 0.3) is 0 Å². The average molecular weight is 325 g/mol. The van der Waals surface area contributed by atoms with E-state index in [2.05, 4.69) is 35.2 Å². The number of nitrogens with zero attached hydrogens (tertiary/aromatic N) is 1. The Hall–Kier alpha value is -2.04. The lowest BCUT2D eigenvalue weighted by atomic mass is 9.86. The van der Waals surface area contributed by atoms with E-state index in [0.29, 0.717) is 30.9 Å². The van der Waals surface area contributed by atoms with Crippen LogP contribution in [-0.4, -0.2) is 31.2 Å². The Kier molecular flexibility index (Phi) is 4.41. The second kappa shape index (κ2) is 6.83. The zero-order chi connectivity index (χ0) is 16.4. The van der Waals surface area contributed by atoms with Gasteiger partial charge in [-0.3, -0.25) is 0 Å². The molecule has 0 aliphatic carbocycles. The first-order valence-corrected chi connectivity index (χ1v) is 8.65. The van der Waals surface area contributed by atoms with Gasteiger partial charge in [-0.2, -0.15) is 0 Å². The smallest absolute Gasteiger partial charge is 0.160 e. The van der Waals surface area contributed by atoms with Gasteiger partial charge in [0.15, 0.2) is 6.29 Å². The number of hydrogen-bond donors (Lipinski definition) is 1. The Bertz CT molecular complexity index is 652. The van der Waals surface area contributed by atoms with Crippen LogP contribution in [0.5, 0.6) is 5.75 Å². The maximum atomic E-state index is 9.57. The van der Waals surface area contributed by atoms with Gasteiger partial charge in [0.05, 0.1) is 19.3 Å². The Morgan fingerprint density at radius 2 is 1.62 bits per heavy atom. The van der Waals surface area contributed by atoms with E-state index < -0.39 is 0 Å². The standard InChI is InChI=1S/C20H23NO3/c22-18-8-6-17(7-9-18)21-11-10-16(20-23-12-13-24-20)14-19(21)15-4-2-1-3-5-15/h1-9,16,19-20,22H,10-14H2. The second-order valence-electron chi connectivity index (χ2n) is 6.53. The van der Waals surface area contributed by atoms with Gasteiger partial charge in [0, 0.05) is 18.2 Å². The van der Waals surface area contributed by atoms with Crippen LogP contribution >= 0.6 is 0 Å². The van der Waals surface area contributed by atoms with Crippen molar-refractivity contribution in [1.82, 2.24) is 0 Å². The highest BCUT2D eigenvalue weighted by Crippen LogP contribution is 2.40. The van der Waals surface area contributed by atoms with E-state index in [1.165, 1.54) is 5.56 Å². The predicted molar refractivity (Wildman–Crippen MR) is 93.1 cm³/mol. The van der Waals surface area contributed by atoms with Crippen molar-refractivity contribution in [2.75, 3.05) is 24.7 Å². The second-order valence-corrected chi connectivity index (χ2v) is 6.53. The van der Waals surface area contributed by atoms with E-state index in [-0.39, 0.29) is 6.29 Å². The topological polar surface area (TPSA) is 41.9 Å². The van der Waals surface area contributed by atoms with E-state index in [9.17, 15) is 5.11 Å². The van der Waals surface area contributed by atoms with Crippen LogP contribution in [0.3, 0.4) is 0 Å². The lowest BCUT2D eigenvalue weighted by Crippen LogP contribution is -2.40. The molecule has 4 rings (SSSR count). The van der Waals surface area contributed by atoms with Crippen molar-refractivity contribution < 1.29 is 14.6 Å². The molecule has 0 amide bonds. The first-order chi connectivity index (χ1) is 11.8. The molecule has 2 aliphatic rings. The lowest BCUT2D eigenvalue weighted by molar-refractivity contribution is -0.0920. The number of phenols is 1. The molecule has 2 heterocycles. The zero-order valence-corrected chi connectivity index (χ0v) is 13.7. The molecule has 126 valence electrons. The molecule has 2 saturated heterocycles.